The van der Waals surface area contributed by atoms with Gasteiger partial charge in [0.05, 0.1) is 12.2 Å². The van der Waals surface area contributed by atoms with Crippen molar-refractivity contribution in [2.75, 3.05) is 18.4 Å². The number of aromatic nitrogens is 2. The molecular weight excluding hydrogens is 506 g/mol. The van der Waals surface area contributed by atoms with Gasteiger partial charge in [0.15, 0.2) is 5.13 Å². The topological polar surface area (TPSA) is 110 Å². The first-order valence-corrected chi connectivity index (χ1v) is 13.8. The second-order valence-electron chi connectivity index (χ2n) is 10.5. The average molecular weight is 542 g/mol. The maximum atomic E-state index is 12.9. The maximum Gasteiger partial charge on any atom is 0.251 e. The first-order chi connectivity index (χ1) is 18.5. The van der Waals surface area contributed by atoms with Crippen LogP contribution in [0, 0.1) is 27.7 Å². The molecule has 0 bridgehead atoms. The van der Waals surface area contributed by atoms with Gasteiger partial charge in [0.2, 0.25) is 5.91 Å². The van der Waals surface area contributed by atoms with Gasteiger partial charge in [-0.1, -0.05) is 32.0 Å². The van der Waals surface area contributed by atoms with E-state index >= 15 is 0 Å². The summed E-state index contributed by atoms with van der Waals surface area (Å²) in [6, 6.07) is 16.0. The number of nitrogens with one attached hydrogen (secondary N) is 2. The van der Waals surface area contributed by atoms with Crippen molar-refractivity contribution in [1.82, 2.24) is 15.3 Å². The van der Waals surface area contributed by atoms with E-state index in [4.69, 9.17) is 5.73 Å². The van der Waals surface area contributed by atoms with Crippen molar-refractivity contribution in [1.29, 1.82) is 0 Å². The number of benzene rings is 2. The van der Waals surface area contributed by atoms with Crippen LogP contribution >= 0.6 is 11.3 Å². The molecule has 7 nitrogen and oxygen atoms in total. The summed E-state index contributed by atoms with van der Waals surface area (Å²) in [5, 5.41) is 7.90. The molecule has 0 fully saturated rings. The third-order valence-corrected chi connectivity index (χ3v) is 7.66. The van der Waals surface area contributed by atoms with Crippen LogP contribution < -0.4 is 16.4 Å². The summed E-state index contributed by atoms with van der Waals surface area (Å²) < 4.78 is 0. The highest BCUT2D eigenvalue weighted by Gasteiger charge is 2.23. The van der Waals surface area contributed by atoms with E-state index < -0.39 is 0 Å². The Balaban J connectivity index is 1.41. The van der Waals surface area contributed by atoms with Gasteiger partial charge in [-0.05, 0) is 85.8 Å². The second kappa shape index (κ2) is 11.5. The minimum Gasteiger partial charge on any atom is -0.343 e. The Morgan fingerprint density at radius 3 is 2.31 bits per heavy atom. The summed E-state index contributed by atoms with van der Waals surface area (Å²) in [4.78, 5) is 34.5. The minimum absolute atomic E-state index is 0.160. The van der Waals surface area contributed by atoms with Crippen LogP contribution in [0.1, 0.15) is 52.3 Å². The van der Waals surface area contributed by atoms with Crippen LogP contribution in [0.3, 0.4) is 0 Å². The van der Waals surface area contributed by atoms with Crippen molar-refractivity contribution in [3.05, 3.63) is 87.6 Å². The number of aryl methyl sites for hydroxylation is 3. The van der Waals surface area contributed by atoms with Crippen molar-refractivity contribution in [3.8, 4) is 22.4 Å². The van der Waals surface area contributed by atoms with Gasteiger partial charge < -0.3 is 16.4 Å². The number of carbonyl (C=O) groups excluding carboxylic acids is 2. The first-order valence-electron chi connectivity index (χ1n) is 12.9. The summed E-state index contributed by atoms with van der Waals surface area (Å²) >= 11 is 1.34. The van der Waals surface area contributed by atoms with Crippen LogP contribution in [0.5, 0.6) is 0 Å². The molecule has 2 aromatic carbocycles. The van der Waals surface area contributed by atoms with Crippen LogP contribution in [0.25, 0.3) is 22.4 Å². The molecule has 4 N–H and O–H groups in total. The lowest BCUT2D eigenvalue weighted by Gasteiger charge is -2.27. The lowest BCUT2D eigenvalue weighted by atomic mass is 9.80. The van der Waals surface area contributed by atoms with E-state index in [2.05, 4.69) is 58.7 Å². The highest BCUT2D eigenvalue weighted by atomic mass is 32.1. The molecule has 0 spiro atoms. The van der Waals surface area contributed by atoms with Gasteiger partial charge in [0.1, 0.15) is 0 Å². The van der Waals surface area contributed by atoms with Gasteiger partial charge in [-0.25, -0.2) is 4.98 Å². The number of carbonyl (C=O) groups is 2. The monoisotopic (exact) mass is 541 g/mol. The maximum absolute atomic E-state index is 12.9. The van der Waals surface area contributed by atoms with E-state index in [1.54, 1.807) is 0 Å². The highest BCUT2D eigenvalue weighted by Crippen LogP contribution is 2.30. The highest BCUT2D eigenvalue weighted by molar-refractivity contribution is 7.14. The summed E-state index contributed by atoms with van der Waals surface area (Å²) in [6.45, 7) is 12.4. The third kappa shape index (κ3) is 6.58. The largest absolute Gasteiger partial charge is 0.343 e. The van der Waals surface area contributed by atoms with Crippen LogP contribution in [-0.2, 0) is 10.2 Å². The van der Waals surface area contributed by atoms with Gasteiger partial charge in [-0.3, -0.25) is 14.6 Å². The Hall–Kier alpha value is -3.88. The quantitative estimate of drug-likeness (QED) is 0.265. The number of anilines is 1. The molecule has 2 amide bonds. The summed E-state index contributed by atoms with van der Waals surface area (Å²) in [5.74, 6) is -0.646. The smallest absolute Gasteiger partial charge is 0.251 e. The molecule has 8 heteroatoms. The molecule has 0 atom stereocenters. The minimum atomic E-state index is -0.341. The van der Waals surface area contributed by atoms with Crippen LogP contribution in [0.2, 0.25) is 0 Å². The Labute approximate surface area is 233 Å². The summed E-state index contributed by atoms with van der Waals surface area (Å²) in [6.07, 6.45) is 0. The van der Waals surface area contributed by atoms with Gasteiger partial charge >= 0.3 is 0 Å². The van der Waals surface area contributed by atoms with Crippen LogP contribution in [0.4, 0.5) is 5.13 Å². The number of nitrogens with two attached hydrogens (primary N) is 1. The normalized spacial score (nSPS) is 11.4. The number of rotatable bonds is 8. The summed E-state index contributed by atoms with van der Waals surface area (Å²) in [7, 11) is 0. The molecule has 0 radical (unpaired) electrons. The van der Waals surface area contributed by atoms with Crippen molar-refractivity contribution in [2.45, 2.75) is 47.0 Å². The lowest BCUT2D eigenvalue weighted by Crippen LogP contribution is -2.34. The van der Waals surface area contributed by atoms with Crippen LogP contribution in [0.15, 0.2) is 53.9 Å². The molecule has 0 saturated heterocycles. The van der Waals surface area contributed by atoms with Gasteiger partial charge in [-0.15, -0.1) is 11.3 Å². The lowest BCUT2D eigenvalue weighted by molar-refractivity contribution is -0.115. The fourth-order valence-corrected chi connectivity index (χ4v) is 5.29. The molecule has 0 saturated carbocycles. The molecule has 0 unspecified atom stereocenters. The molecule has 0 aliphatic carbocycles. The number of pyridine rings is 1. The van der Waals surface area contributed by atoms with E-state index in [9.17, 15) is 9.59 Å². The van der Waals surface area contributed by atoms with E-state index in [-0.39, 0.29) is 23.8 Å². The molecule has 0 aliphatic rings. The molecule has 202 valence electrons. The van der Waals surface area contributed by atoms with Crippen molar-refractivity contribution < 1.29 is 9.59 Å². The molecular formula is C31H35N5O2S. The predicted molar refractivity (Wildman–Crippen MR) is 159 cm³/mol. The zero-order valence-corrected chi connectivity index (χ0v) is 24.1. The number of nitrogens with zero attached hydrogens (tertiary/aromatic N) is 2. The molecule has 2 heterocycles. The van der Waals surface area contributed by atoms with Gasteiger partial charge in [-0.2, -0.15) is 0 Å². The Bertz CT molecular complexity index is 1520. The molecule has 4 aromatic rings. The SMILES string of the molecule is Cc1cc(-c2cccc(-c3csc(NC(=O)CNC(=O)c4cc(C)c(C)c(C(C)(C)CN)c4)n3)c2)cc(C)n1. The van der Waals surface area contributed by atoms with Crippen molar-refractivity contribution >= 4 is 28.3 Å². The predicted octanol–water partition coefficient (Wildman–Crippen LogP) is 5.71. The standard InChI is InChI=1S/C31H35N5O2S/c1-18-10-25(14-26(21(18)4)31(5,6)17-32)29(38)33-15-28(37)36-30-35-27(16-39-30)23-9-7-8-22(13-23)24-11-19(2)34-20(3)12-24/h7-14,16H,15,17,32H2,1-6H3,(H,33,38)(H,35,36,37). The fraction of sp³-hybridized carbons (Fsp3) is 0.290. The first kappa shape index (κ1) is 28.1. The van der Waals surface area contributed by atoms with Gasteiger partial charge in [0, 0.05) is 39.9 Å². The van der Waals surface area contributed by atoms with Crippen LogP contribution in [-0.4, -0.2) is 34.9 Å². The van der Waals surface area contributed by atoms with E-state index in [0.29, 0.717) is 17.2 Å². The molecule has 39 heavy (non-hydrogen) atoms. The molecule has 4 rings (SSSR count). The Kier molecular flexibility index (Phi) is 8.28. The fourth-order valence-electron chi connectivity index (χ4n) is 4.55. The second-order valence-corrected chi connectivity index (χ2v) is 11.4. The average Bonchev–Trinajstić information content (AvgIpc) is 3.36. The van der Waals surface area contributed by atoms with E-state index in [0.717, 1.165) is 50.5 Å². The number of hydrogen-bond donors (Lipinski definition) is 3. The molecule has 0 aliphatic heterocycles. The third-order valence-electron chi connectivity index (χ3n) is 6.90. The zero-order valence-electron chi connectivity index (χ0n) is 23.3. The number of hydrogen-bond acceptors (Lipinski definition) is 6. The van der Waals surface area contributed by atoms with Gasteiger partial charge in [0.25, 0.3) is 5.91 Å². The summed E-state index contributed by atoms with van der Waals surface area (Å²) in [5.41, 5.74) is 15.2. The van der Waals surface area contributed by atoms with E-state index in [1.807, 2.05) is 57.3 Å². The van der Waals surface area contributed by atoms with E-state index in [1.165, 1.54) is 11.3 Å². The molecule has 2 aromatic heterocycles. The van der Waals surface area contributed by atoms with Crippen molar-refractivity contribution in [2.24, 2.45) is 5.73 Å². The zero-order chi connectivity index (χ0) is 28.3. The number of thiazole rings is 1. The Morgan fingerprint density at radius 2 is 1.62 bits per heavy atom. The van der Waals surface area contributed by atoms with Crippen molar-refractivity contribution in [3.63, 3.8) is 0 Å². The Morgan fingerprint density at radius 1 is 0.923 bits per heavy atom. The number of amides is 2.